The predicted octanol–water partition coefficient (Wildman–Crippen LogP) is 2.95. The smallest absolute Gasteiger partial charge is 0.408 e. The average Bonchev–Trinajstić information content (AvgIpc) is 2.87. The van der Waals surface area contributed by atoms with E-state index in [2.05, 4.69) is 19.2 Å². The summed E-state index contributed by atoms with van der Waals surface area (Å²) in [5.41, 5.74) is 5.57. The summed E-state index contributed by atoms with van der Waals surface area (Å²) in [4.78, 5) is 12.1. The Balaban J connectivity index is 2.10. The molecule has 19 heavy (non-hydrogen) atoms. The molecule has 0 atom stereocenters. The minimum atomic E-state index is -0.454. The molecule has 0 aromatic rings. The number of nitrogens with one attached hydrogen (secondary N) is 1. The maximum absolute atomic E-state index is 12.1. The quantitative estimate of drug-likeness (QED) is 0.827. The van der Waals surface area contributed by atoms with E-state index in [-0.39, 0.29) is 22.6 Å². The first kappa shape index (κ1) is 14.6. The van der Waals surface area contributed by atoms with Gasteiger partial charge in [-0.15, -0.1) is 0 Å². The van der Waals surface area contributed by atoms with Gasteiger partial charge in [-0.05, 0) is 66.7 Å². The number of ether oxygens (including phenoxy) is 1. The highest BCUT2D eigenvalue weighted by molar-refractivity contribution is 5.69. The van der Waals surface area contributed by atoms with E-state index in [9.17, 15) is 4.79 Å². The van der Waals surface area contributed by atoms with Crippen LogP contribution in [0, 0.1) is 5.41 Å². The van der Waals surface area contributed by atoms with E-state index in [4.69, 9.17) is 10.5 Å². The lowest BCUT2D eigenvalue weighted by Crippen LogP contribution is -2.67. The maximum atomic E-state index is 12.1. The predicted molar refractivity (Wildman–Crippen MR) is 75.9 cm³/mol. The van der Waals surface area contributed by atoms with Crippen molar-refractivity contribution in [3.63, 3.8) is 0 Å². The molecular formula is C15H28N2O2. The van der Waals surface area contributed by atoms with Gasteiger partial charge in [-0.25, -0.2) is 4.79 Å². The molecule has 2 fully saturated rings. The maximum Gasteiger partial charge on any atom is 0.408 e. The van der Waals surface area contributed by atoms with Crippen molar-refractivity contribution in [2.75, 3.05) is 0 Å². The summed E-state index contributed by atoms with van der Waals surface area (Å²) in [5, 5.41) is 3.15. The molecule has 0 aromatic heterocycles. The van der Waals surface area contributed by atoms with Crippen LogP contribution in [0.2, 0.25) is 0 Å². The van der Waals surface area contributed by atoms with Crippen LogP contribution in [0.15, 0.2) is 0 Å². The zero-order valence-electron chi connectivity index (χ0n) is 12.9. The molecule has 0 radical (unpaired) electrons. The summed E-state index contributed by atoms with van der Waals surface area (Å²) in [7, 11) is 0. The zero-order valence-corrected chi connectivity index (χ0v) is 12.9. The van der Waals surface area contributed by atoms with Crippen molar-refractivity contribution in [3.8, 4) is 0 Å². The molecule has 110 valence electrons. The summed E-state index contributed by atoms with van der Waals surface area (Å²) in [5.74, 6) is 0. The van der Waals surface area contributed by atoms with Gasteiger partial charge >= 0.3 is 6.09 Å². The van der Waals surface area contributed by atoms with Gasteiger partial charge in [0.2, 0.25) is 0 Å². The lowest BCUT2D eigenvalue weighted by Gasteiger charge is -2.53. The lowest BCUT2D eigenvalue weighted by molar-refractivity contribution is 0.00696. The van der Waals surface area contributed by atoms with Crippen LogP contribution in [0.3, 0.4) is 0 Å². The normalized spacial score (nSPS) is 24.3. The van der Waals surface area contributed by atoms with Crippen molar-refractivity contribution in [2.45, 2.75) is 83.4 Å². The molecule has 0 heterocycles. The lowest BCUT2D eigenvalue weighted by atomic mass is 9.59. The molecule has 0 bridgehead atoms. The van der Waals surface area contributed by atoms with E-state index in [0.717, 1.165) is 32.1 Å². The Morgan fingerprint density at radius 2 is 1.63 bits per heavy atom. The van der Waals surface area contributed by atoms with Crippen LogP contribution in [0.4, 0.5) is 4.79 Å². The van der Waals surface area contributed by atoms with Crippen LogP contribution in [-0.2, 0) is 4.74 Å². The van der Waals surface area contributed by atoms with Gasteiger partial charge in [0.1, 0.15) is 5.60 Å². The van der Waals surface area contributed by atoms with E-state index in [0.29, 0.717) is 0 Å². The number of hydrogen-bond donors (Lipinski definition) is 2. The van der Waals surface area contributed by atoms with E-state index in [1.807, 2.05) is 20.8 Å². The molecule has 3 N–H and O–H groups in total. The molecule has 0 aliphatic heterocycles. The largest absolute Gasteiger partial charge is 0.444 e. The molecule has 1 amide bonds. The number of rotatable bonds is 3. The molecule has 2 aliphatic carbocycles. The van der Waals surface area contributed by atoms with Gasteiger partial charge in [-0.1, -0.05) is 0 Å². The number of alkyl carbamates (subject to hydrolysis) is 1. The molecule has 0 unspecified atom stereocenters. The SMILES string of the molecule is CC(C)(C)OC(=O)NC1(C2(C(C)(C)N)CC2)CCC1. The van der Waals surface area contributed by atoms with Crippen molar-refractivity contribution in [3.05, 3.63) is 0 Å². The Hall–Kier alpha value is -0.770. The van der Waals surface area contributed by atoms with Gasteiger partial charge in [0.15, 0.2) is 0 Å². The highest BCUT2D eigenvalue weighted by Gasteiger charge is 2.67. The Morgan fingerprint density at radius 1 is 1.11 bits per heavy atom. The van der Waals surface area contributed by atoms with Gasteiger partial charge in [0.25, 0.3) is 0 Å². The molecular weight excluding hydrogens is 240 g/mol. The Labute approximate surface area is 116 Å². The highest BCUT2D eigenvalue weighted by atomic mass is 16.6. The number of nitrogens with two attached hydrogens (primary N) is 1. The van der Waals surface area contributed by atoms with Gasteiger partial charge in [0, 0.05) is 11.0 Å². The fourth-order valence-corrected chi connectivity index (χ4v) is 3.62. The number of amides is 1. The van der Waals surface area contributed by atoms with E-state index in [1.165, 1.54) is 0 Å². The molecule has 2 aliphatic rings. The fourth-order valence-electron chi connectivity index (χ4n) is 3.62. The first-order valence-electron chi connectivity index (χ1n) is 7.32. The minimum Gasteiger partial charge on any atom is -0.444 e. The van der Waals surface area contributed by atoms with Crippen LogP contribution in [0.25, 0.3) is 0 Å². The number of carbonyl (C=O) groups excluding carboxylic acids is 1. The average molecular weight is 268 g/mol. The zero-order chi connectivity index (χ0) is 14.5. The fraction of sp³-hybridized carbons (Fsp3) is 0.933. The molecule has 4 heteroatoms. The Bertz CT molecular complexity index is 369. The first-order chi connectivity index (χ1) is 8.52. The molecule has 0 aromatic carbocycles. The van der Waals surface area contributed by atoms with Crippen molar-refractivity contribution in [2.24, 2.45) is 11.1 Å². The molecule has 2 rings (SSSR count). The van der Waals surface area contributed by atoms with E-state index >= 15 is 0 Å². The molecule has 2 saturated carbocycles. The Kier molecular flexibility index (Phi) is 3.17. The second-order valence-corrected chi connectivity index (χ2v) is 7.87. The third-order valence-corrected chi connectivity index (χ3v) is 4.85. The standard InChI is InChI=1S/C15H28N2O2/c1-12(2,3)19-11(18)17-15(7-6-8-15)14(9-10-14)13(4,5)16/h6-10,16H2,1-5H3,(H,17,18). The van der Waals surface area contributed by atoms with Crippen molar-refractivity contribution < 1.29 is 9.53 Å². The second-order valence-electron chi connectivity index (χ2n) is 7.87. The summed E-state index contributed by atoms with van der Waals surface area (Å²) >= 11 is 0. The minimum absolute atomic E-state index is 0.0507. The van der Waals surface area contributed by atoms with Crippen molar-refractivity contribution >= 4 is 6.09 Å². The van der Waals surface area contributed by atoms with Crippen LogP contribution in [-0.4, -0.2) is 22.8 Å². The van der Waals surface area contributed by atoms with Crippen LogP contribution < -0.4 is 11.1 Å². The summed E-state index contributed by atoms with van der Waals surface area (Å²) in [6, 6.07) is 0. The molecule has 0 saturated heterocycles. The van der Waals surface area contributed by atoms with Crippen LogP contribution >= 0.6 is 0 Å². The van der Waals surface area contributed by atoms with E-state index < -0.39 is 5.60 Å². The summed E-state index contributed by atoms with van der Waals surface area (Å²) in [6.07, 6.45) is 5.11. The van der Waals surface area contributed by atoms with Gasteiger partial charge < -0.3 is 15.8 Å². The second kappa shape index (κ2) is 4.11. The van der Waals surface area contributed by atoms with Gasteiger partial charge in [0.05, 0.1) is 5.54 Å². The van der Waals surface area contributed by atoms with Crippen LogP contribution in [0.5, 0.6) is 0 Å². The molecule has 0 spiro atoms. The first-order valence-corrected chi connectivity index (χ1v) is 7.32. The van der Waals surface area contributed by atoms with Gasteiger partial charge in [-0.3, -0.25) is 0 Å². The summed E-state index contributed by atoms with van der Waals surface area (Å²) in [6.45, 7) is 9.83. The van der Waals surface area contributed by atoms with Gasteiger partial charge in [-0.2, -0.15) is 0 Å². The number of carbonyl (C=O) groups is 1. The molecule has 4 nitrogen and oxygen atoms in total. The number of hydrogen-bond acceptors (Lipinski definition) is 3. The third kappa shape index (κ3) is 2.47. The monoisotopic (exact) mass is 268 g/mol. The van der Waals surface area contributed by atoms with Crippen LogP contribution in [0.1, 0.15) is 66.7 Å². The Morgan fingerprint density at radius 3 is 1.89 bits per heavy atom. The third-order valence-electron chi connectivity index (χ3n) is 4.85. The highest BCUT2D eigenvalue weighted by Crippen LogP contribution is 2.65. The van der Waals surface area contributed by atoms with E-state index in [1.54, 1.807) is 0 Å². The van der Waals surface area contributed by atoms with Crippen molar-refractivity contribution in [1.29, 1.82) is 0 Å². The topological polar surface area (TPSA) is 64.3 Å². The summed E-state index contributed by atoms with van der Waals surface area (Å²) < 4.78 is 5.41. The van der Waals surface area contributed by atoms with Crippen molar-refractivity contribution in [1.82, 2.24) is 5.32 Å².